The molecule has 0 spiro atoms. The largest absolute Gasteiger partial charge is 0.494 e. The topological polar surface area (TPSA) is 89.7 Å². The Morgan fingerprint density at radius 1 is 1.21 bits per heavy atom. The molecule has 6 heteroatoms. The van der Waals surface area contributed by atoms with Crippen molar-refractivity contribution in [1.29, 1.82) is 0 Å². The molecular weight excluding hydrogens is 242 g/mol. The number of nitrogens with two attached hydrogens (primary N) is 1. The van der Waals surface area contributed by atoms with E-state index in [-0.39, 0.29) is 0 Å². The van der Waals surface area contributed by atoms with Crippen LogP contribution in [0.25, 0.3) is 22.3 Å². The summed E-state index contributed by atoms with van der Waals surface area (Å²) in [5.74, 6) is 1.25. The van der Waals surface area contributed by atoms with Gasteiger partial charge < -0.3 is 10.5 Å². The molecule has 0 radical (unpaired) electrons. The van der Waals surface area contributed by atoms with Crippen molar-refractivity contribution >= 4 is 16.9 Å². The molecule has 1 aromatic carbocycles. The second kappa shape index (κ2) is 4.56. The van der Waals surface area contributed by atoms with E-state index >= 15 is 0 Å². The van der Waals surface area contributed by atoms with Gasteiger partial charge in [-0.2, -0.15) is 5.10 Å². The first kappa shape index (κ1) is 11.5. The summed E-state index contributed by atoms with van der Waals surface area (Å²) >= 11 is 0. The van der Waals surface area contributed by atoms with Crippen LogP contribution in [-0.4, -0.2) is 26.8 Å². The standard InChI is InChI=1S/C13H13N5O/c1-2-19-9-5-3-8(4-6-9)11-10-12(14)15-7-16-13(10)18-17-11/h3-7H,2H2,1H3,(H3,14,15,16,17,18). The van der Waals surface area contributed by atoms with Crippen LogP contribution in [0.3, 0.4) is 0 Å². The van der Waals surface area contributed by atoms with Crippen molar-refractivity contribution in [3.8, 4) is 17.0 Å². The molecule has 0 saturated carbocycles. The van der Waals surface area contributed by atoms with Crippen LogP contribution in [0.1, 0.15) is 6.92 Å². The minimum absolute atomic E-state index is 0.419. The average Bonchev–Trinajstić information content (AvgIpc) is 2.85. The van der Waals surface area contributed by atoms with E-state index in [0.29, 0.717) is 18.1 Å². The van der Waals surface area contributed by atoms with Gasteiger partial charge in [0.1, 0.15) is 23.6 Å². The summed E-state index contributed by atoms with van der Waals surface area (Å²) in [6.45, 7) is 2.60. The molecule has 0 atom stereocenters. The van der Waals surface area contributed by atoms with Crippen molar-refractivity contribution in [3.05, 3.63) is 30.6 Å². The number of nitrogens with one attached hydrogen (secondary N) is 1. The van der Waals surface area contributed by atoms with Gasteiger partial charge in [0.15, 0.2) is 5.65 Å². The van der Waals surface area contributed by atoms with E-state index in [1.165, 1.54) is 6.33 Å². The van der Waals surface area contributed by atoms with Gasteiger partial charge in [-0.3, -0.25) is 5.10 Å². The molecule has 0 fully saturated rings. The Morgan fingerprint density at radius 2 is 2.00 bits per heavy atom. The first-order valence-corrected chi connectivity index (χ1v) is 5.97. The number of benzene rings is 1. The van der Waals surface area contributed by atoms with Crippen molar-refractivity contribution in [1.82, 2.24) is 20.2 Å². The van der Waals surface area contributed by atoms with E-state index in [4.69, 9.17) is 10.5 Å². The van der Waals surface area contributed by atoms with Gasteiger partial charge in [-0.05, 0) is 31.2 Å². The first-order valence-electron chi connectivity index (χ1n) is 5.97. The molecule has 2 heterocycles. The first-order chi connectivity index (χ1) is 9.29. The van der Waals surface area contributed by atoms with Crippen LogP contribution < -0.4 is 10.5 Å². The summed E-state index contributed by atoms with van der Waals surface area (Å²) in [5, 5.41) is 7.85. The molecule has 0 unspecified atom stereocenters. The molecule has 96 valence electrons. The van der Waals surface area contributed by atoms with Crippen LogP contribution in [0.2, 0.25) is 0 Å². The molecule has 3 N–H and O–H groups in total. The van der Waals surface area contributed by atoms with Crippen LogP contribution in [0.5, 0.6) is 5.75 Å². The minimum Gasteiger partial charge on any atom is -0.494 e. The van der Waals surface area contributed by atoms with Crippen LogP contribution in [0, 0.1) is 0 Å². The number of anilines is 1. The predicted octanol–water partition coefficient (Wildman–Crippen LogP) is 2.00. The molecule has 3 aromatic rings. The Morgan fingerprint density at radius 3 is 2.74 bits per heavy atom. The Hall–Kier alpha value is -2.63. The lowest BCUT2D eigenvalue weighted by Gasteiger charge is -2.04. The molecule has 0 saturated heterocycles. The summed E-state index contributed by atoms with van der Waals surface area (Å²) in [4.78, 5) is 8.10. The number of rotatable bonds is 3. The SMILES string of the molecule is CCOc1ccc(-c2n[nH]c3ncnc(N)c23)cc1. The van der Waals surface area contributed by atoms with Crippen LogP contribution >= 0.6 is 0 Å². The number of nitrogens with zero attached hydrogens (tertiary/aromatic N) is 3. The number of H-pyrrole nitrogens is 1. The third-order valence-electron chi connectivity index (χ3n) is 2.83. The van der Waals surface area contributed by atoms with Crippen molar-refractivity contribution in [3.63, 3.8) is 0 Å². The van der Waals surface area contributed by atoms with Gasteiger partial charge >= 0.3 is 0 Å². The zero-order valence-electron chi connectivity index (χ0n) is 10.4. The van der Waals surface area contributed by atoms with E-state index in [0.717, 1.165) is 22.4 Å². The molecule has 19 heavy (non-hydrogen) atoms. The second-order valence-corrected chi connectivity index (χ2v) is 4.01. The predicted molar refractivity (Wildman–Crippen MR) is 72.7 cm³/mol. The van der Waals surface area contributed by atoms with E-state index < -0.39 is 0 Å². The quantitative estimate of drug-likeness (QED) is 0.747. The summed E-state index contributed by atoms with van der Waals surface area (Å²) in [6, 6.07) is 7.68. The highest BCUT2D eigenvalue weighted by Gasteiger charge is 2.12. The fourth-order valence-electron chi connectivity index (χ4n) is 1.97. The lowest BCUT2D eigenvalue weighted by atomic mass is 10.1. The highest BCUT2D eigenvalue weighted by molar-refractivity contribution is 5.97. The van der Waals surface area contributed by atoms with Crippen LogP contribution in [0.4, 0.5) is 5.82 Å². The maximum Gasteiger partial charge on any atom is 0.161 e. The molecule has 0 aliphatic rings. The van der Waals surface area contributed by atoms with Gasteiger partial charge in [-0.15, -0.1) is 0 Å². The highest BCUT2D eigenvalue weighted by atomic mass is 16.5. The summed E-state index contributed by atoms with van der Waals surface area (Å²) in [6.07, 6.45) is 1.41. The lowest BCUT2D eigenvalue weighted by Crippen LogP contribution is -1.93. The van der Waals surface area contributed by atoms with Gasteiger partial charge in [-0.25, -0.2) is 9.97 Å². The number of hydrogen-bond acceptors (Lipinski definition) is 5. The zero-order valence-corrected chi connectivity index (χ0v) is 10.4. The van der Waals surface area contributed by atoms with E-state index in [9.17, 15) is 0 Å². The Bertz CT molecular complexity index is 705. The smallest absolute Gasteiger partial charge is 0.161 e. The number of aromatic nitrogens is 4. The van der Waals surface area contributed by atoms with Crippen molar-refractivity contribution < 1.29 is 4.74 Å². The fraction of sp³-hybridized carbons (Fsp3) is 0.154. The fourth-order valence-corrected chi connectivity index (χ4v) is 1.97. The van der Waals surface area contributed by atoms with Crippen molar-refractivity contribution in [2.45, 2.75) is 6.92 Å². The Balaban J connectivity index is 2.09. The monoisotopic (exact) mass is 255 g/mol. The summed E-state index contributed by atoms with van der Waals surface area (Å²) in [5.41, 5.74) is 8.20. The number of nitrogen functional groups attached to an aromatic ring is 1. The normalized spacial score (nSPS) is 10.8. The third kappa shape index (κ3) is 1.97. The average molecular weight is 255 g/mol. The molecule has 0 bridgehead atoms. The molecule has 0 aliphatic carbocycles. The van der Waals surface area contributed by atoms with Gasteiger partial charge in [0.2, 0.25) is 0 Å². The number of ether oxygens (including phenoxy) is 1. The summed E-state index contributed by atoms with van der Waals surface area (Å²) in [7, 11) is 0. The summed E-state index contributed by atoms with van der Waals surface area (Å²) < 4.78 is 5.41. The maximum absolute atomic E-state index is 5.88. The van der Waals surface area contributed by atoms with Gasteiger partial charge in [0.05, 0.1) is 12.0 Å². The zero-order chi connectivity index (χ0) is 13.2. The minimum atomic E-state index is 0.419. The van der Waals surface area contributed by atoms with Gasteiger partial charge in [-0.1, -0.05) is 0 Å². The molecule has 6 nitrogen and oxygen atoms in total. The maximum atomic E-state index is 5.88. The van der Waals surface area contributed by atoms with E-state index in [1.807, 2.05) is 31.2 Å². The number of hydrogen-bond donors (Lipinski definition) is 2. The van der Waals surface area contributed by atoms with Crippen LogP contribution in [-0.2, 0) is 0 Å². The van der Waals surface area contributed by atoms with Crippen molar-refractivity contribution in [2.75, 3.05) is 12.3 Å². The molecule has 0 amide bonds. The molecular formula is C13H13N5O. The van der Waals surface area contributed by atoms with E-state index in [1.54, 1.807) is 0 Å². The number of aromatic amines is 1. The van der Waals surface area contributed by atoms with E-state index in [2.05, 4.69) is 20.2 Å². The third-order valence-corrected chi connectivity index (χ3v) is 2.83. The molecule has 2 aromatic heterocycles. The van der Waals surface area contributed by atoms with Gasteiger partial charge in [0, 0.05) is 5.56 Å². The number of fused-ring (bicyclic) bond motifs is 1. The van der Waals surface area contributed by atoms with Gasteiger partial charge in [0.25, 0.3) is 0 Å². The second-order valence-electron chi connectivity index (χ2n) is 4.01. The molecule has 3 rings (SSSR count). The Kier molecular flexibility index (Phi) is 2.75. The highest BCUT2D eigenvalue weighted by Crippen LogP contribution is 2.29. The van der Waals surface area contributed by atoms with Crippen LogP contribution in [0.15, 0.2) is 30.6 Å². The molecule has 0 aliphatic heterocycles. The van der Waals surface area contributed by atoms with Crippen molar-refractivity contribution in [2.24, 2.45) is 0 Å². The lowest BCUT2D eigenvalue weighted by molar-refractivity contribution is 0.340. The Labute approximate surface area is 109 Å².